The Morgan fingerprint density at radius 2 is 2.00 bits per heavy atom. The van der Waals surface area contributed by atoms with E-state index in [-0.39, 0.29) is 5.60 Å². The van der Waals surface area contributed by atoms with Crippen LogP contribution in [-0.2, 0) is 4.74 Å². The molecule has 1 unspecified atom stereocenters. The van der Waals surface area contributed by atoms with Gasteiger partial charge in [-0.05, 0) is 45.4 Å². The highest BCUT2D eigenvalue weighted by molar-refractivity contribution is 5.78. The summed E-state index contributed by atoms with van der Waals surface area (Å²) in [5.74, 6) is 1.24. The molecule has 0 aromatic rings. The van der Waals surface area contributed by atoms with Crippen LogP contribution in [0.25, 0.3) is 0 Å². The standard InChI is InChI=1S/C15H29N3O/c1-15(2)10-12(8-9-19-15)11-17-14(16)18-13-6-4-3-5-7-13/h12-13H,3-11H2,1-2H3,(H3,16,17,18). The molecule has 0 aromatic carbocycles. The van der Waals surface area contributed by atoms with Crippen molar-refractivity contribution >= 4 is 5.96 Å². The quantitative estimate of drug-likeness (QED) is 0.610. The maximum atomic E-state index is 6.00. The number of hydrogen-bond acceptors (Lipinski definition) is 2. The van der Waals surface area contributed by atoms with Crippen LogP contribution in [0.4, 0.5) is 0 Å². The Kier molecular flexibility index (Phi) is 5.08. The molecule has 0 aromatic heterocycles. The van der Waals surface area contributed by atoms with E-state index in [0.717, 1.165) is 26.0 Å². The Labute approximate surface area is 117 Å². The first-order valence-corrected chi connectivity index (χ1v) is 7.75. The SMILES string of the molecule is CC1(C)CC(CN=C(N)NC2CCCCC2)CCO1. The van der Waals surface area contributed by atoms with Gasteiger partial charge in [0, 0.05) is 19.2 Å². The summed E-state index contributed by atoms with van der Waals surface area (Å²) in [5, 5.41) is 3.38. The normalized spacial score (nSPS) is 29.2. The smallest absolute Gasteiger partial charge is 0.188 e. The highest BCUT2D eigenvalue weighted by Crippen LogP contribution is 2.28. The fourth-order valence-electron chi connectivity index (χ4n) is 3.24. The van der Waals surface area contributed by atoms with Crippen molar-refractivity contribution in [3.8, 4) is 0 Å². The number of rotatable bonds is 3. The second-order valence-corrected chi connectivity index (χ2v) is 6.67. The molecule has 4 nitrogen and oxygen atoms in total. The molecule has 2 aliphatic rings. The fourth-order valence-corrected chi connectivity index (χ4v) is 3.24. The van der Waals surface area contributed by atoms with Gasteiger partial charge in [0.1, 0.15) is 0 Å². The summed E-state index contributed by atoms with van der Waals surface area (Å²) in [4.78, 5) is 4.54. The van der Waals surface area contributed by atoms with E-state index in [1.54, 1.807) is 0 Å². The number of ether oxygens (including phenoxy) is 1. The van der Waals surface area contributed by atoms with Gasteiger partial charge in [-0.1, -0.05) is 19.3 Å². The van der Waals surface area contributed by atoms with Crippen molar-refractivity contribution in [2.75, 3.05) is 13.2 Å². The van der Waals surface area contributed by atoms with Gasteiger partial charge in [0.2, 0.25) is 0 Å². The van der Waals surface area contributed by atoms with Gasteiger partial charge in [-0.3, -0.25) is 4.99 Å². The monoisotopic (exact) mass is 267 g/mol. The Hall–Kier alpha value is -0.770. The maximum Gasteiger partial charge on any atom is 0.188 e. The molecule has 2 rings (SSSR count). The predicted molar refractivity (Wildman–Crippen MR) is 79.3 cm³/mol. The molecule has 4 heteroatoms. The van der Waals surface area contributed by atoms with Gasteiger partial charge in [-0.25, -0.2) is 0 Å². The summed E-state index contributed by atoms with van der Waals surface area (Å²) < 4.78 is 5.73. The van der Waals surface area contributed by atoms with Crippen molar-refractivity contribution in [2.45, 2.75) is 70.4 Å². The molecule has 1 atom stereocenters. The number of nitrogens with two attached hydrogens (primary N) is 1. The van der Waals surface area contributed by atoms with Crippen molar-refractivity contribution in [3.63, 3.8) is 0 Å². The zero-order chi connectivity index (χ0) is 13.7. The second kappa shape index (κ2) is 6.60. The summed E-state index contributed by atoms with van der Waals surface area (Å²) >= 11 is 0. The molecule has 3 N–H and O–H groups in total. The fraction of sp³-hybridized carbons (Fsp3) is 0.933. The molecule has 110 valence electrons. The Morgan fingerprint density at radius 3 is 2.68 bits per heavy atom. The number of nitrogens with one attached hydrogen (secondary N) is 1. The summed E-state index contributed by atoms with van der Waals surface area (Å²) in [6.07, 6.45) is 8.66. The predicted octanol–water partition coefficient (Wildman–Crippen LogP) is 2.43. The van der Waals surface area contributed by atoms with Crippen molar-refractivity contribution in [3.05, 3.63) is 0 Å². The molecule has 0 radical (unpaired) electrons. The Bertz CT molecular complexity index is 309. The number of aliphatic imine (C=N–C) groups is 1. The minimum atomic E-state index is 0.00397. The van der Waals surface area contributed by atoms with E-state index in [2.05, 4.69) is 24.2 Å². The third-order valence-electron chi connectivity index (χ3n) is 4.28. The molecule has 0 bridgehead atoms. The first-order chi connectivity index (χ1) is 9.05. The van der Waals surface area contributed by atoms with Crippen LogP contribution in [-0.4, -0.2) is 30.8 Å². The first kappa shape index (κ1) is 14.6. The number of nitrogens with zero attached hydrogens (tertiary/aromatic N) is 1. The van der Waals surface area contributed by atoms with E-state index in [0.29, 0.717) is 17.9 Å². The van der Waals surface area contributed by atoms with Crippen LogP contribution in [0.5, 0.6) is 0 Å². The van der Waals surface area contributed by atoms with Gasteiger partial charge in [0.15, 0.2) is 5.96 Å². The molecule has 1 aliphatic heterocycles. The van der Waals surface area contributed by atoms with Crippen LogP contribution in [0.3, 0.4) is 0 Å². The van der Waals surface area contributed by atoms with Crippen LogP contribution < -0.4 is 11.1 Å². The van der Waals surface area contributed by atoms with Crippen molar-refractivity contribution in [1.82, 2.24) is 5.32 Å². The molecule has 0 spiro atoms. The van der Waals surface area contributed by atoms with Gasteiger partial charge in [0.25, 0.3) is 0 Å². The van der Waals surface area contributed by atoms with Crippen LogP contribution in [0.2, 0.25) is 0 Å². The van der Waals surface area contributed by atoms with E-state index in [9.17, 15) is 0 Å². The molecular weight excluding hydrogens is 238 g/mol. The Morgan fingerprint density at radius 1 is 1.26 bits per heavy atom. The van der Waals surface area contributed by atoms with E-state index in [1.807, 2.05) is 0 Å². The third-order valence-corrected chi connectivity index (χ3v) is 4.28. The lowest BCUT2D eigenvalue weighted by molar-refractivity contribution is -0.0705. The highest BCUT2D eigenvalue weighted by Gasteiger charge is 2.28. The van der Waals surface area contributed by atoms with Gasteiger partial charge < -0.3 is 15.8 Å². The summed E-state index contributed by atoms with van der Waals surface area (Å²) in [7, 11) is 0. The topological polar surface area (TPSA) is 59.6 Å². The minimum Gasteiger partial charge on any atom is -0.376 e. The zero-order valence-electron chi connectivity index (χ0n) is 12.5. The average Bonchev–Trinajstić information content (AvgIpc) is 2.36. The third kappa shape index (κ3) is 5.01. The van der Waals surface area contributed by atoms with Crippen LogP contribution in [0, 0.1) is 5.92 Å². The van der Waals surface area contributed by atoms with Crippen LogP contribution >= 0.6 is 0 Å². The lowest BCUT2D eigenvalue weighted by Gasteiger charge is -2.35. The zero-order valence-corrected chi connectivity index (χ0v) is 12.5. The van der Waals surface area contributed by atoms with Crippen LogP contribution in [0.15, 0.2) is 4.99 Å². The highest BCUT2D eigenvalue weighted by atomic mass is 16.5. The second-order valence-electron chi connectivity index (χ2n) is 6.67. The maximum absolute atomic E-state index is 6.00. The number of guanidine groups is 1. The van der Waals surface area contributed by atoms with E-state index >= 15 is 0 Å². The average molecular weight is 267 g/mol. The lowest BCUT2D eigenvalue weighted by atomic mass is 9.88. The van der Waals surface area contributed by atoms with Gasteiger partial charge >= 0.3 is 0 Å². The van der Waals surface area contributed by atoms with Crippen molar-refractivity contribution in [2.24, 2.45) is 16.6 Å². The van der Waals surface area contributed by atoms with Crippen molar-refractivity contribution in [1.29, 1.82) is 0 Å². The molecule has 1 saturated carbocycles. The lowest BCUT2D eigenvalue weighted by Crippen LogP contribution is -2.41. The number of hydrogen-bond donors (Lipinski definition) is 2. The largest absolute Gasteiger partial charge is 0.376 e. The van der Waals surface area contributed by atoms with Crippen LogP contribution in [0.1, 0.15) is 58.8 Å². The van der Waals surface area contributed by atoms with Gasteiger partial charge in [-0.2, -0.15) is 0 Å². The summed E-state index contributed by atoms with van der Waals surface area (Å²) in [5.41, 5.74) is 6.00. The van der Waals surface area contributed by atoms with E-state index in [1.165, 1.54) is 32.1 Å². The molecule has 1 saturated heterocycles. The Balaban J connectivity index is 1.74. The summed E-state index contributed by atoms with van der Waals surface area (Å²) in [6, 6.07) is 0.545. The molecule has 1 aliphatic carbocycles. The molecule has 1 heterocycles. The van der Waals surface area contributed by atoms with E-state index < -0.39 is 0 Å². The van der Waals surface area contributed by atoms with Gasteiger partial charge in [-0.15, -0.1) is 0 Å². The molecule has 2 fully saturated rings. The molecule has 0 amide bonds. The van der Waals surface area contributed by atoms with Gasteiger partial charge in [0.05, 0.1) is 5.60 Å². The molecule has 19 heavy (non-hydrogen) atoms. The minimum absolute atomic E-state index is 0.00397. The summed E-state index contributed by atoms with van der Waals surface area (Å²) in [6.45, 7) is 6.00. The molecular formula is C15H29N3O. The van der Waals surface area contributed by atoms with Crippen molar-refractivity contribution < 1.29 is 4.74 Å². The first-order valence-electron chi connectivity index (χ1n) is 7.75. The van der Waals surface area contributed by atoms with E-state index in [4.69, 9.17) is 10.5 Å².